The van der Waals surface area contributed by atoms with E-state index in [0.717, 1.165) is 0 Å². The second kappa shape index (κ2) is 4.83. The quantitative estimate of drug-likeness (QED) is 0.849. The Bertz CT molecular complexity index is 566. The van der Waals surface area contributed by atoms with Gasteiger partial charge in [0.15, 0.2) is 5.75 Å². The summed E-state index contributed by atoms with van der Waals surface area (Å²) in [6.45, 7) is 0. The van der Waals surface area contributed by atoms with Crippen LogP contribution in [0.4, 0.5) is 26.3 Å². The highest BCUT2D eigenvalue weighted by atomic mass is 19.4. The standard InChI is InChI=1S/C9H4F6N2O2/c10-8(11,12)4-3-6(19-9(13,14)15)7(18)17-5(4)1-2-16/h3H,1H2,(H,17,18). The number of ether oxygens (including phenoxy) is 1. The number of rotatable bonds is 2. The topological polar surface area (TPSA) is 65.9 Å². The first-order chi connectivity index (χ1) is 8.54. The molecule has 0 aliphatic rings. The lowest BCUT2D eigenvalue weighted by atomic mass is 10.1. The van der Waals surface area contributed by atoms with E-state index >= 15 is 0 Å². The summed E-state index contributed by atoms with van der Waals surface area (Å²) in [6, 6.07) is 1.27. The van der Waals surface area contributed by atoms with E-state index in [4.69, 9.17) is 5.26 Å². The van der Waals surface area contributed by atoms with Crippen LogP contribution >= 0.6 is 0 Å². The van der Waals surface area contributed by atoms with Gasteiger partial charge in [-0.15, -0.1) is 13.2 Å². The second-order valence-electron chi connectivity index (χ2n) is 3.24. The van der Waals surface area contributed by atoms with Gasteiger partial charge in [0.2, 0.25) is 0 Å². The van der Waals surface area contributed by atoms with Gasteiger partial charge in [-0.2, -0.15) is 18.4 Å². The fraction of sp³-hybridized carbons (Fsp3) is 0.333. The fourth-order valence-electron chi connectivity index (χ4n) is 1.22. The van der Waals surface area contributed by atoms with Crippen molar-refractivity contribution < 1.29 is 31.1 Å². The third-order valence-corrected chi connectivity index (χ3v) is 1.88. The largest absolute Gasteiger partial charge is 0.573 e. The lowest BCUT2D eigenvalue weighted by Crippen LogP contribution is -2.25. The van der Waals surface area contributed by atoms with Crippen molar-refractivity contribution in [3.63, 3.8) is 0 Å². The molecular formula is C9H4F6N2O2. The summed E-state index contributed by atoms with van der Waals surface area (Å²) in [6.07, 6.45) is -11.1. The number of aromatic nitrogens is 1. The van der Waals surface area contributed by atoms with Crippen LogP contribution in [0.15, 0.2) is 10.9 Å². The molecule has 19 heavy (non-hydrogen) atoms. The predicted octanol–water partition coefficient (Wildman–Crippen LogP) is 2.36. The molecule has 0 bridgehead atoms. The number of pyridine rings is 1. The Hall–Kier alpha value is -2.18. The van der Waals surface area contributed by atoms with Gasteiger partial charge in [-0.3, -0.25) is 4.79 Å². The van der Waals surface area contributed by atoms with Crippen LogP contribution in [0.3, 0.4) is 0 Å². The smallest absolute Gasteiger partial charge is 0.400 e. The van der Waals surface area contributed by atoms with E-state index in [0.29, 0.717) is 0 Å². The average molecular weight is 286 g/mol. The molecule has 4 nitrogen and oxygen atoms in total. The molecule has 1 N–H and O–H groups in total. The molecule has 0 aliphatic carbocycles. The molecule has 0 radical (unpaired) electrons. The summed E-state index contributed by atoms with van der Waals surface area (Å²) in [5, 5.41) is 8.31. The van der Waals surface area contributed by atoms with Gasteiger partial charge in [-0.25, -0.2) is 0 Å². The molecule has 0 spiro atoms. The van der Waals surface area contributed by atoms with Crippen LogP contribution in [-0.4, -0.2) is 11.3 Å². The summed E-state index contributed by atoms with van der Waals surface area (Å²) in [7, 11) is 0. The zero-order valence-corrected chi connectivity index (χ0v) is 8.82. The highest BCUT2D eigenvalue weighted by Crippen LogP contribution is 2.33. The third kappa shape index (κ3) is 3.90. The van der Waals surface area contributed by atoms with E-state index in [9.17, 15) is 31.1 Å². The van der Waals surface area contributed by atoms with Crippen molar-refractivity contribution in [1.29, 1.82) is 5.26 Å². The Kier molecular flexibility index (Phi) is 3.78. The summed E-state index contributed by atoms with van der Waals surface area (Å²) in [5.41, 5.74) is -3.89. The first-order valence-corrected chi connectivity index (χ1v) is 4.50. The molecule has 0 aromatic carbocycles. The molecule has 104 valence electrons. The summed E-state index contributed by atoms with van der Waals surface area (Å²) >= 11 is 0. The van der Waals surface area contributed by atoms with Crippen LogP contribution in [0.25, 0.3) is 0 Å². The lowest BCUT2D eigenvalue weighted by Gasteiger charge is -2.13. The van der Waals surface area contributed by atoms with Crippen molar-refractivity contribution in [2.75, 3.05) is 0 Å². The van der Waals surface area contributed by atoms with E-state index in [-0.39, 0.29) is 6.07 Å². The van der Waals surface area contributed by atoms with Gasteiger partial charge in [0, 0.05) is 11.8 Å². The van der Waals surface area contributed by atoms with Crippen molar-refractivity contribution >= 4 is 0 Å². The van der Waals surface area contributed by atoms with Gasteiger partial charge in [-0.1, -0.05) is 0 Å². The van der Waals surface area contributed by atoms with E-state index < -0.39 is 41.5 Å². The molecule has 1 rings (SSSR count). The predicted molar refractivity (Wildman–Crippen MR) is 48.1 cm³/mol. The Morgan fingerprint density at radius 3 is 2.26 bits per heavy atom. The molecular weight excluding hydrogens is 282 g/mol. The van der Waals surface area contributed by atoms with E-state index in [1.165, 1.54) is 6.07 Å². The maximum absolute atomic E-state index is 12.5. The highest BCUT2D eigenvalue weighted by Gasteiger charge is 2.37. The molecule has 0 saturated heterocycles. The summed E-state index contributed by atoms with van der Waals surface area (Å²) in [4.78, 5) is 12.7. The first-order valence-electron chi connectivity index (χ1n) is 4.50. The minimum absolute atomic E-state index is 0.0843. The second-order valence-corrected chi connectivity index (χ2v) is 3.24. The maximum Gasteiger partial charge on any atom is 0.573 e. The zero-order chi connectivity index (χ0) is 14.8. The number of aromatic amines is 1. The monoisotopic (exact) mass is 286 g/mol. The van der Waals surface area contributed by atoms with Crippen molar-refractivity contribution in [2.45, 2.75) is 19.0 Å². The normalized spacial score (nSPS) is 12.1. The number of hydrogen-bond donors (Lipinski definition) is 1. The van der Waals surface area contributed by atoms with Gasteiger partial charge in [0.1, 0.15) is 0 Å². The van der Waals surface area contributed by atoms with Crippen LogP contribution in [0.2, 0.25) is 0 Å². The van der Waals surface area contributed by atoms with Gasteiger partial charge in [-0.05, 0) is 0 Å². The van der Waals surface area contributed by atoms with E-state index in [1.54, 1.807) is 4.98 Å². The van der Waals surface area contributed by atoms with Crippen LogP contribution in [-0.2, 0) is 12.6 Å². The van der Waals surface area contributed by atoms with Gasteiger partial charge in [0.25, 0.3) is 5.56 Å². The molecule has 1 aromatic rings. The van der Waals surface area contributed by atoms with Crippen molar-refractivity contribution in [2.24, 2.45) is 0 Å². The van der Waals surface area contributed by atoms with Crippen molar-refractivity contribution in [3.05, 3.63) is 27.7 Å². The third-order valence-electron chi connectivity index (χ3n) is 1.88. The average Bonchev–Trinajstić information content (AvgIpc) is 2.18. The number of halogens is 6. The summed E-state index contributed by atoms with van der Waals surface area (Å²) < 4.78 is 76.5. The SMILES string of the molecule is N#CCc1[nH]c(=O)c(OC(F)(F)F)cc1C(F)(F)F. The molecule has 1 heterocycles. The molecule has 1 aromatic heterocycles. The number of H-pyrrole nitrogens is 1. The Labute approximate surface area is 101 Å². The van der Waals surface area contributed by atoms with Crippen molar-refractivity contribution in [1.82, 2.24) is 4.98 Å². The van der Waals surface area contributed by atoms with E-state index in [2.05, 4.69) is 4.74 Å². The highest BCUT2D eigenvalue weighted by molar-refractivity contribution is 5.33. The summed E-state index contributed by atoms with van der Waals surface area (Å²) in [5.74, 6) is -1.54. The van der Waals surface area contributed by atoms with Crippen LogP contribution < -0.4 is 10.3 Å². The minimum atomic E-state index is -5.30. The molecule has 0 saturated carbocycles. The molecule has 0 fully saturated rings. The molecule has 0 amide bonds. The van der Waals surface area contributed by atoms with Gasteiger partial charge >= 0.3 is 12.5 Å². The number of nitrogens with zero attached hydrogens (tertiary/aromatic N) is 1. The Morgan fingerprint density at radius 2 is 1.84 bits per heavy atom. The number of hydrogen-bond acceptors (Lipinski definition) is 3. The number of nitriles is 1. The van der Waals surface area contributed by atoms with Gasteiger partial charge < -0.3 is 9.72 Å². The molecule has 0 atom stereocenters. The maximum atomic E-state index is 12.5. The fourth-order valence-corrected chi connectivity index (χ4v) is 1.22. The number of alkyl halides is 6. The van der Waals surface area contributed by atoms with Gasteiger partial charge in [0.05, 0.1) is 18.1 Å². The molecule has 0 aliphatic heterocycles. The molecule has 0 unspecified atom stereocenters. The minimum Gasteiger partial charge on any atom is -0.400 e. The van der Waals surface area contributed by atoms with Crippen LogP contribution in [0.1, 0.15) is 11.3 Å². The Balaban J connectivity index is 3.40. The lowest BCUT2D eigenvalue weighted by molar-refractivity contribution is -0.275. The van der Waals surface area contributed by atoms with E-state index in [1.807, 2.05) is 0 Å². The molecule has 10 heteroatoms. The van der Waals surface area contributed by atoms with Crippen LogP contribution in [0, 0.1) is 11.3 Å². The zero-order valence-electron chi connectivity index (χ0n) is 8.82. The Morgan fingerprint density at radius 1 is 1.26 bits per heavy atom. The van der Waals surface area contributed by atoms with Crippen molar-refractivity contribution in [3.8, 4) is 11.8 Å². The first kappa shape index (κ1) is 14.9. The van der Waals surface area contributed by atoms with Crippen LogP contribution in [0.5, 0.6) is 5.75 Å². The number of nitrogens with one attached hydrogen (secondary N) is 1.